The second-order valence-corrected chi connectivity index (χ2v) is 3.51. The summed E-state index contributed by atoms with van der Waals surface area (Å²) >= 11 is 1.84. The summed E-state index contributed by atoms with van der Waals surface area (Å²) in [5, 5.41) is 17.6. The molecule has 0 radical (unpaired) electrons. The maximum absolute atomic E-state index is 12.9. The molecule has 1 aromatic rings. The average Bonchev–Trinajstić information content (AvgIpc) is 2.09. The van der Waals surface area contributed by atoms with E-state index < -0.39 is 0 Å². The number of hydrogen-bond acceptors (Lipinski definition) is 2. The van der Waals surface area contributed by atoms with Crippen molar-refractivity contribution in [3.8, 4) is 0 Å². The van der Waals surface area contributed by atoms with Crippen LogP contribution in [0.1, 0.15) is 11.1 Å². The Morgan fingerprint density at radius 3 is 2.17 bits per heavy atom. The zero-order valence-electron chi connectivity index (χ0n) is 6.22. The molecule has 0 bridgehead atoms. The molecule has 4 heteroatoms. The maximum Gasteiger partial charge on any atom is 0.136 e. The van der Waals surface area contributed by atoms with Crippen LogP contribution in [0.5, 0.6) is 0 Å². The van der Waals surface area contributed by atoms with Crippen molar-refractivity contribution in [1.82, 2.24) is 0 Å². The van der Waals surface area contributed by atoms with E-state index in [0.29, 0.717) is 14.7 Å². The second-order valence-electron chi connectivity index (χ2n) is 2.35. The molecule has 66 valence electrons. The maximum atomic E-state index is 12.9. The highest BCUT2D eigenvalue weighted by atomic mass is 127. The normalized spacial score (nSPS) is 10.3. The van der Waals surface area contributed by atoms with Gasteiger partial charge >= 0.3 is 0 Å². The standard InChI is InChI=1S/C8H8FIO2/c9-7-1-5(3-11)6(4-12)2-8(7)10/h1-2,11-12H,3-4H2. The van der Waals surface area contributed by atoms with Gasteiger partial charge in [-0.3, -0.25) is 0 Å². The van der Waals surface area contributed by atoms with Crippen LogP contribution in [0.25, 0.3) is 0 Å². The van der Waals surface area contributed by atoms with Crippen LogP contribution in [0, 0.1) is 9.39 Å². The predicted octanol–water partition coefficient (Wildman–Crippen LogP) is 1.41. The van der Waals surface area contributed by atoms with Gasteiger partial charge in [-0.2, -0.15) is 0 Å². The Balaban J connectivity index is 3.19. The predicted molar refractivity (Wildman–Crippen MR) is 51.0 cm³/mol. The van der Waals surface area contributed by atoms with E-state index in [-0.39, 0.29) is 19.0 Å². The van der Waals surface area contributed by atoms with Gasteiger partial charge in [-0.25, -0.2) is 4.39 Å². The molecule has 0 aliphatic carbocycles. The van der Waals surface area contributed by atoms with Crippen LogP contribution in [0.15, 0.2) is 12.1 Å². The minimum Gasteiger partial charge on any atom is -0.392 e. The Morgan fingerprint density at radius 2 is 1.67 bits per heavy atom. The van der Waals surface area contributed by atoms with Gasteiger partial charge < -0.3 is 10.2 Å². The van der Waals surface area contributed by atoms with Crippen LogP contribution in [0.2, 0.25) is 0 Å². The molecular formula is C8H8FIO2. The van der Waals surface area contributed by atoms with Crippen LogP contribution in [-0.4, -0.2) is 10.2 Å². The van der Waals surface area contributed by atoms with E-state index in [1.54, 1.807) is 0 Å². The van der Waals surface area contributed by atoms with Crippen molar-refractivity contribution in [2.24, 2.45) is 0 Å². The molecule has 0 spiro atoms. The van der Waals surface area contributed by atoms with Crippen LogP contribution in [0.4, 0.5) is 4.39 Å². The lowest BCUT2D eigenvalue weighted by Crippen LogP contribution is -1.97. The van der Waals surface area contributed by atoms with Crippen molar-refractivity contribution in [2.75, 3.05) is 0 Å². The highest BCUT2D eigenvalue weighted by Gasteiger charge is 2.06. The fourth-order valence-electron chi connectivity index (χ4n) is 0.924. The van der Waals surface area contributed by atoms with Gasteiger partial charge in [-0.1, -0.05) is 0 Å². The first-order chi connectivity index (χ1) is 5.69. The number of aliphatic hydroxyl groups is 2. The SMILES string of the molecule is OCc1cc(F)c(I)cc1CO. The third kappa shape index (κ3) is 1.94. The second kappa shape index (κ2) is 4.15. The molecule has 0 aliphatic heterocycles. The summed E-state index contributed by atoms with van der Waals surface area (Å²) < 4.78 is 13.3. The summed E-state index contributed by atoms with van der Waals surface area (Å²) in [5.74, 6) is -0.364. The van der Waals surface area contributed by atoms with E-state index in [4.69, 9.17) is 10.2 Å². The minimum absolute atomic E-state index is 0.174. The molecule has 0 amide bonds. The Bertz CT molecular complexity index is 260. The third-order valence-electron chi connectivity index (χ3n) is 1.58. The van der Waals surface area contributed by atoms with Gasteiger partial charge in [-0.05, 0) is 45.9 Å². The van der Waals surface area contributed by atoms with Crippen LogP contribution >= 0.6 is 22.6 Å². The molecule has 0 fully saturated rings. The lowest BCUT2D eigenvalue weighted by molar-refractivity contribution is 0.259. The van der Waals surface area contributed by atoms with Crippen molar-refractivity contribution in [2.45, 2.75) is 13.2 Å². The number of hydrogen-bond donors (Lipinski definition) is 2. The monoisotopic (exact) mass is 282 g/mol. The topological polar surface area (TPSA) is 40.5 Å². The van der Waals surface area contributed by atoms with Gasteiger partial charge in [0.2, 0.25) is 0 Å². The molecule has 0 aliphatic rings. The van der Waals surface area contributed by atoms with Crippen LogP contribution in [0.3, 0.4) is 0 Å². The molecule has 0 saturated heterocycles. The minimum atomic E-state index is -0.364. The van der Waals surface area contributed by atoms with Gasteiger partial charge in [0.05, 0.1) is 13.2 Å². The number of rotatable bonds is 2. The molecule has 2 nitrogen and oxygen atoms in total. The number of aliphatic hydroxyl groups excluding tert-OH is 2. The van der Waals surface area contributed by atoms with E-state index in [1.165, 1.54) is 12.1 Å². The molecule has 0 atom stereocenters. The van der Waals surface area contributed by atoms with Gasteiger partial charge in [-0.15, -0.1) is 0 Å². The fraction of sp³-hybridized carbons (Fsp3) is 0.250. The average molecular weight is 282 g/mol. The summed E-state index contributed by atoms with van der Waals surface area (Å²) in [6.45, 7) is -0.421. The van der Waals surface area contributed by atoms with Crippen molar-refractivity contribution in [3.05, 3.63) is 32.6 Å². The largest absolute Gasteiger partial charge is 0.392 e. The van der Waals surface area contributed by atoms with Gasteiger partial charge in [0.15, 0.2) is 0 Å². The smallest absolute Gasteiger partial charge is 0.136 e. The molecule has 12 heavy (non-hydrogen) atoms. The molecule has 0 unspecified atom stereocenters. The van der Waals surface area contributed by atoms with E-state index in [2.05, 4.69) is 0 Å². The summed E-state index contributed by atoms with van der Waals surface area (Å²) in [5.41, 5.74) is 1.01. The van der Waals surface area contributed by atoms with Crippen LogP contribution in [-0.2, 0) is 13.2 Å². The summed E-state index contributed by atoms with van der Waals surface area (Å²) in [6.07, 6.45) is 0. The summed E-state index contributed by atoms with van der Waals surface area (Å²) in [7, 11) is 0. The Kier molecular flexibility index (Phi) is 3.42. The molecular weight excluding hydrogens is 274 g/mol. The molecule has 0 heterocycles. The zero-order valence-corrected chi connectivity index (χ0v) is 8.38. The quantitative estimate of drug-likeness (QED) is 0.805. The highest BCUT2D eigenvalue weighted by Crippen LogP contribution is 2.17. The van der Waals surface area contributed by atoms with Gasteiger partial charge in [0, 0.05) is 3.57 Å². The first-order valence-corrected chi connectivity index (χ1v) is 4.45. The third-order valence-corrected chi connectivity index (χ3v) is 2.41. The van der Waals surface area contributed by atoms with E-state index >= 15 is 0 Å². The van der Waals surface area contributed by atoms with Crippen molar-refractivity contribution in [3.63, 3.8) is 0 Å². The molecule has 0 saturated carbocycles. The van der Waals surface area contributed by atoms with Gasteiger partial charge in [0.1, 0.15) is 5.82 Å². The Morgan fingerprint density at radius 1 is 1.17 bits per heavy atom. The fourth-order valence-corrected chi connectivity index (χ4v) is 1.46. The van der Waals surface area contributed by atoms with Crippen molar-refractivity contribution < 1.29 is 14.6 Å². The Hall–Kier alpha value is -0.200. The molecule has 1 aromatic carbocycles. The van der Waals surface area contributed by atoms with Crippen LogP contribution < -0.4 is 0 Å². The first-order valence-electron chi connectivity index (χ1n) is 3.37. The van der Waals surface area contributed by atoms with Crippen molar-refractivity contribution >= 4 is 22.6 Å². The lowest BCUT2D eigenvalue weighted by atomic mass is 10.1. The number of benzene rings is 1. The molecule has 0 aromatic heterocycles. The molecule has 1 rings (SSSR count). The van der Waals surface area contributed by atoms with Crippen molar-refractivity contribution in [1.29, 1.82) is 0 Å². The van der Waals surface area contributed by atoms with E-state index in [1.807, 2.05) is 22.6 Å². The number of halogens is 2. The highest BCUT2D eigenvalue weighted by molar-refractivity contribution is 14.1. The van der Waals surface area contributed by atoms with E-state index in [9.17, 15) is 4.39 Å². The first kappa shape index (κ1) is 9.88. The van der Waals surface area contributed by atoms with E-state index in [0.717, 1.165) is 0 Å². The summed E-state index contributed by atoms with van der Waals surface area (Å²) in [6, 6.07) is 2.77. The Labute approximate surface area is 83.2 Å². The molecule has 2 N–H and O–H groups in total. The summed E-state index contributed by atoms with van der Waals surface area (Å²) in [4.78, 5) is 0. The lowest BCUT2D eigenvalue weighted by Gasteiger charge is -2.05. The van der Waals surface area contributed by atoms with Gasteiger partial charge in [0.25, 0.3) is 0 Å². The zero-order chi connectivity index (χ0) is 9.14.